The number of fused-ring (bicyclic) bond motifs is 3. The first-order chi connectivity index (χ1) is 19.0. The lowest BCUT2D eigenvalue weighted by Gasteiger charge is -2.13. The summed E-state index contributed by atoms with van der Waals surface area (Å²) in [6, 6.07) is 34.2. The number of anilines is 4. The molecule has 0 bridgehead atoms. The van der Waals surface area contributed by atoms with Gasteiger partial charge < -0.3 is 15.0 Å². The van der Waals surface area contributed by atoms with Crippen molar-refractivity contribution in [2.45, 2.75) is 0 Å². The summed E-state index contributed by atoms with van der Waals surface area (Å²) in [7, 11) is 0. The van der Waals surface area contributed by atoms with E-state index in [0.29, 0.717) is 27.5 Å². The van der Waals surface area contributed by atoms with Crippen molar-refractivity contribution in [1.29, 1.82) is 5.26 Å². The van der Waals surface area contributed by atoms with E-state index in [1.165, 1.54) is 0 Å². The summed E-state index contributed by atoms with van der Waals surface area (Å²) in [6.45, 7) is 0. The van der Waals surface area contributed by atoms with Crippen molar-refractivity contribution >= 4 is 72.4 Å². The number of hydrogen-bond donors (Lipinski definition) is 2. The van der Waals surface area contributed by atoms with Gasteiger partial charge in [0.2, 0.25) is 5.78 Å². The molecule has 39 heavy (non-hydrogen) atoms. The summed E-state index contributed by atoms with van der Waals surface area (Å²) >= 11 is 9.62. The maximum atomic E-state index is 14.2. The molecule has 6 aromatic rings. The van der Waals surface area contributed by atoms with Gasteiger partial charge in [-0.2, -0.15) is 5.26 Å². The summed E-state index contributed by atoms with van der Waals surface area (Å²) in [5.41, 5.74) is 5.41. The van der Waals surface area contributed by atoms with Crippen LogP contribution in [0.5, 0.6) is 0 Å². The molecule has 0 aliphatic carbocycles. The van der Waals surface area contributed by atoms with Crippen molar-refractivity contribution in [3.8, 4) is 6.07 Å². The molecule has 0 saturated heterocycles. The van der Waals surface area contributed by atoms with E-state index in [1.807, 2.05) is 89.5 Å². The molecule has 188 valence electrons. The van der Waals surface area contributed by atoms with Crippen molar-refractivity contribution < 1.29 is 4.79 Å². The monoisotopic (exact) mass is 590 g/mol. The summed E-state index contributed by atoms with van der Waals surface area (Å²) in [4.78, 5) is 14.2. The maximum Gasteiger partial charge on any atom is 0.211 e. The molecule has 0 fully saturated rings. The second-order valence-corrected chi connectivity index (χ2v) is 10.4. The van der Waals surface area contributed by atoms with Crippen molar-refractivity contribution in [2.75, 3.05) is 10.6 Å². The smallest absolute Gasteiger partial charge is 0.211 e. The molecule has 2 N–H and O–H groups in total. The molecule has 7 heteroatoms. The van der Waals surface area contributed by atoms with Crippen LogP contribution in [-0.4, -0.2) is 10.2 Å². The van der Waals surface area contributed by atoms with Gasteiger partial charge in [0.15, 0.2) is 0 Å². The average molecular weight is 592 g/mol. The van der Waals surface area contributed by atoms with E-state index in [9.17, 15) is 10.1 Å². The number of nitrogens with one attached hydrogen (secondary N) is 2. The molecule has 0 spiro atoms. The van der Waals surface area contributed by atoms with Crippen molar-refractivity contribution in [3.05, 3.63) is 136 Å². The zero-order valence-electron chi connectivity index (χ0n) is 20.5. The summed E-state index contributed by atoms with van der Waals surface area (Å²) in [5, 5.41) is 19.0. The highest BCUT2D eigenvalue weighted by Crippen LogP contribution is 2.42. The van der Waals surface area contributed by atoms with Crippen LogP contribution >= 0.6 is 27.5 Å². The van der Waals surface area contributed by atoms with Gasteiger partial charge in [-0.3, -0.25) is 4.79 Å². The highest BCUT2D eigenvalue weighted by atomic mass is 79.9. The number of pyridine rings is 1. The first-order valence-electron chi connectivity index (χ1n) is 12.2. The number of carbonyl (C=O) groups excluding carboxylic acids is 1. The largest absolute Gasteiger partial charge is 0.352 e. The molecule has 4 aromatic carbocycles. The number of ketones is 1. The predicted molar refractivity (Wildman–Crippen MR) is 162 cm³/mol. The van der Waals surface area contributed by atoms with Crippen LogP contribution in [0.3, 0.4) is 0 Å². The van der Waals surface area contributed by atoms with Gasteiger partial charge in [0.05, 0.1) is 28.5 Å². The van der Waals surface area contributed by atoms with E-state index >= 15 is 0 Å². The number of nitriles is 1. The minimum Gasteiger partial charge on any atom is -0.352 e. The van der Waals surface area contributed by atoms with Crippen LogP contribution < -0.4 is 10.6 Å². The maximum absolute atomic E-state index is 14.2. The Morgan fingerprint density at radius 3 is 2.13 bits per heavy atom. The fourth-order valence-electron chi connectivity index (χ4n) is 4.67. The number of halogens is 2. The predicted octanol–water partition coefficient (Wildman–Crippen LogP) is 9.10. The number of nitrogens with zero attached hydrogens (tertiary/aromatic N) is 2. The number of carbonyl (C=O) groups is 1. The second kappa shape index (κ2) is 10.3. The second-order valence-electron chi connectivity index (χ2n) is 9.00. The number of rotatable bonds is 6. The molecule has 0 radical (unpaired) electrons. The first-order valence-corrected chi connectivity index (χ1v) is 13.3. The summed E-state index contributed by atoms with van der Waals surface area (Å²) < 4.78 is 2.84. The molecule has 0 unspecified atom stereocenters. The Labute approximate surface area is 238 Å². The van der Waals surface area contributed by atoms with Gasteiger partial charge in [-0.1, -0.05) is 51.8 Å². The van der Waals surface area contributed by atoms with Crippen LogP contribution in [0.4, 0.5) is 22.7 Å². The molecular weight excluding hydrogens is 572 g/mol. The Hall–Kier alpha value is -4.57. The zero-order valence-corrected chi connectivity index (χ0v) is 22.8. The minimum absolute atomic E-state index is 0.131. The Kier molecular flexibility index (Phi) is 6.54. The highest BCUT2D eigenvalue weighted by Gasteiger charge is 2.26. The average Bonchev–Trinajstić information content (AvgIpc) is 3.27. The van der Waals surface area contributed by atoms with Gasteiger partial charge in [-0.25, -0.2) is 0 Å². The molecule has 6 rings (SSSR count). The van der Waals surface area contributed by atoms with Gasteiger partial charge in [0.1, 0.15) is 5.69 Å². The van der Waals surface area contributed by atoms with Crippen LogP contribution in [0.2, 0.25) is 5.02 Å². The van der Waals surface area contributed by atoms with Gasteiger partial charge in [-0.05, 0) is 84.2 Å². The van der Waals surface area contributed by atoms with Crippen molar-refractivity contribution in [2.24, 2.45) is 0 Å². The molecular formula is C32H20BrClN4O. The number of hydrogen-bond acceptors (Lipinski definition) is 4. The summed E-state index contributed by atoms with van der Waals surface area (Å²) in [5.74, 6) is -0.131. The zero-order chi connectivity index (χ0) is 26.9. The lowest BCUT2D eigenvalue weighted by molar-refractivity contribution is 0.103. The first kappa shape index (κ1) is 24.7. The fourth-order valence-corrected chi connectivity index (χ4v) is 5.06. The lowest BCUT2D eigenvalue weighted by atomic mass is 10.1. The van der Waals surface area contributed by atoms with E-state index < -0.39 is 0 Å². The van der Waals surface area contributed by atoms with Crippen LogP contribution in [0, 0.1) is 11.3 Å². The number of benzene rings is 4. The molecule has 0 saturated carbocycles. The third-order valence-corrected chi connectivity index (χ3v) is 7.32. The topological polar surface area (TPSA) is 69.3 Å². The highest BCUT2D eigenvalue weighted by molar-refractivity contribution is 9.10. The Morgan fingerprint density at radius 1 is 0.795 bits per heavy atom. The van der Waals surface area contributed by atoms with Gasteiger partial charge >= 0.3 is 0 Å². The quantitative estimate of drug-likeness (QED) is 0.190. The van der Waals surface area contributed by atoms with E-state index in [4.69, 9.17) is 11.6 Å². The van der Waals surface area contributed by atoms with E-state index in [1.54, 1.807) is 12.1 Å². The van der Waals surface area contributed by atoms with Crippen LogP contribution in [0.1, 0.15) is 21.6 Å². The lowest BCUT2D eigenvalue weighted by Crippen LogP contribution is -2.08. The molecule has 0 amide bonds. The van der Waals surface area contributed by atoms with Crippen molar-refractivity contribution in [1.82, 2.24) is 4.40 Å². The normalized spacial score (nSPS) is 10.9. The molecule has 0 atom stereocenters. The summed E-state index contributed by atoms with van der Waals surface area (Å²) in [6.07, 6.45) is 1.93. The van der Waals surface area contributed by atoms with E-state index in [-0.39, 0.29) is 5.78 Å². The van der Waals surface area contributed by atoms with E-state index in [0.717, 1.165) is 37.8 Å². The standard InChI is InChI=1S/C32H20BrClN4O/c33-23-9-7-22(8-10-23)32(39)31-29(37-25-13-5-20(19-35)6-14-25)28(36-26-15-11-24(34)12-16-26)30-27-4-2-1-3-21(27)17-18-38(30)31/h1-18,36-37H. The Bertz CT molecular complexity index is 1890. The Morgan fingerprint density at radius 2 is 1.44 bits per heavy atom. The van der Waals surface area contributed by atoms with Crippen LogP contribution in [0.25, 0.3) is 16.3 Å². The molecule has 5 nitrogen and oxygen atoms in total. The third-order valence-electron chi connectivity index (χ3n) is 6.54. The van der Waals surface area contributed by atoms with Crippen LogP contribution in [0.15, 0.2) is 114 Å². The van der Waals surface area contributed by atoms with E-state index in [2.05, 4.69) is 44.8 Å². The fraction of sp³-hybridized carbons (Fsp3) is 0. The van der Waals surface area contributed by atoms with Gasteiger partial charge in [0.25, 0.3) is 0 Å². The molecule has 0 aliphatic rings. The molecule has 2 aromatic heterocycles. The Balaban J connectivity index is 1.65. The third kappa shape index (κ3) is 4.74. The van der Waals surface area contributed by atoms with Crippen molar-refractivity contribution in [3.63, 3.8) is 0 Å². The number of aromatic nitrogens is 1. The van der Waals surface area contributed by atoms with Gasteiger partial charge in [0, 0.05) is 38.0 Å². The van der Waals surface area contributed by atoms with Crippen LogP contribution in [-0.2, 0) is 0 Å². The van der Waals surface area contributed by atoms with Gasteiger partial charge in [-0.15, -0.1) is 0 Å². The molecule has 2 heterocycles. The minimum atomic E-state index is -0.131. The SMILES string of the molecule is N#Cc1ccc(Nc2c(Nc3ccc(Cl)cc3)c3c4ccccc4ccn3c2C(=O)c2ccc(Br)cc2)cc1. The molecule has 0 aliphatic heterocycles.